The molecule has 2 amide bonds. The number of hydrogen-bond donors (Lipinski definition) is 3. The Morgan fingerprint density at radius 2 is 1.71 bits per heavy atom. The minimum atomic E-state index is -4.76. The fraction of sp³-hybridized carbons (Fsp3) is 0.385. The fourth-order valence-electron chi connectivity index (χ4n) is 4.20. The highest BCUT2D eigenvalue weighted by molar-refractivity contribution is 5.93. The van der Waals surface area contributed by atoms with Crippen LogP contribution >= 0.6 is 0 Å². The Morgan fingerprint density at radius 3 is 2.34 bits per heavy atom. The molecule has 41 heavy (non-hydrogen) atoms. The number of rotatable bonds is 8. The smallest absolute Gasteiger partial charge is 0.421 e. The van der Waals surface area contributed by atoms with Crippen molar-refractivity contribution >= 4 is 40.8 Å². The van der Waals surface area contributed by atoms with E-state index >= 15 is 0 Å². The van der Waals surface area contributed by atoms with Crippen molar-refractivity contribution in [1.82, 2.24) is 29.7 Å². The van der Waals surface area contributed by atoms with Gasteiger partial charge in [-0.2, -0.15) is 23.1 Å². The molecular formula is C26H30F3N9O3. The van der Waals surface area contributed by atoms with Crippen LogP contribution in [0.5, 0.6) is 6.01 Å². The minimum absolute atomic E-state index is 0.0289. The summed E-state index contributed by atoms with van der Waals surface area (Å²) in [5.74, 6) is -0.772. The number of carbonyl (C=O) groups is 2. The molecule has 1 aliphatic rings. The Morgan fingerprint density at radius 1 is 0.976 bits per heavy atom. The number of aryl methyl sites for hydroxylation is 1. The lowest BCUT2D eigenvalue weighted by molar-refractivity contribution is -0.137. The molecule has 0 spiro atoms. The van der Waals surface area contributed by atoms with Crippen molar-refractivity contribution in [3.8, 4) is 6.01 Å². The molecule has 0 unspecified atom stereocenters. The molecule has 3 heterocycles. The monoisotopic (exact) mass is 573 g/mol. The fourth-order valence-corrected chi connectivity index (χ4v) is 4.20. The van der Waals surface area contributed by atoms with E-state index in [2.05, 4.69) is 40.8 Å². The third-order valence-electron chi connectivity index (χ3n) is 6.33. The van der Waals surface area contributed by atoms with Gasteiger partial charge in [0.25, 0.3) is 0 Å². The van der Waals surface area contributed by atoms with E-state index in [0.29, 0.717) is 44.5 Å². The quantitative estimate of drug-likeness (QED) is 0.366. The Labute approximate surface area is 234 Å². The van der Waals surface area contributed by atoms with Gasteiger partial charge in [-0.1, -0.05) is 6.07 Å². The van der Waals surface area contributed by atoms with Crippen molar-refractivity contribution in [3.05, 3.63) is 47.3 Å². The standard InChI is InChI=1S/C26H30F3N9O3/c1-15-12-31-25(41-4)36-22(15)34-24-30-13-19(26(27,28)29)23(35-24)33-20-6-5-18(11-21(20)32-16(2)39)14-37-7-9-38(10-8-37)17(3)40/h5-6,11-13H,7-10,14H2,1-4H3,(H,32,39)(H2,30,31,33,34,35,36). The van der Waals surface area contributed by atoms with Gasteiger partial charge in [0, 0.05) is 64.5 Å². The van der Waals surface area contributed by atoms with Gasteiger partial charge in [0.1, 0.15) is 17.2 Å². The average molecular weight is 574 g/mol. The molecule has 3 aromatic rings. The minimum Gasteiger partial charge on any atom is -0.467 e. The molecule has 2 aromatic heterocycles. The van der Waals surface area contributed by atoms with E-state index in [4.69, 9.17) is 4.74 Å². The van der Waals surface area contributed by atoms with Crippen LogP contribution in [0.15, 0.2) is 30.6 Å². The third-order valence-corrected chi connectivity index (χ3v) is 6.33. The summed E-state index contributed by atoms with van der Waals surface area (Å²) in [6.45, 7) is 7.67. The molecule has 0 bridgehead atoms. The van der Waals surface area contributed by atoms with Crippen molar-refractivity contribution < 1.29 is 27.5 Å². The van der Waals surface area contributed by atoms with E-state index in [1.807, 2.05) is 0 Å². The normalized spacial score (nSPS) is 14.0. The molecule has 1 aliphatic heterocycles. The highest BCUT2D eigenvalue weighted by Gasteiger charge is 2.35. The van der Waals surface area contributed by atoms with E-state index in [9.17, 15) is 22.8 Å². The summed E-state index contributed by atoms with van der Waals surface area (Å²) in [4.78, 5) is 43.5. The summed E-state index contributed by atoms with van der Waals surface area (Å²) >= 11 is 0. The van der Waals surface area contributed by atoms with Gasteiger partial charge in [0.15, 0.2) is 0 Å². The van der Waals surface area contributed by atoms with E-state index in [1.165, 1.54) is 27.2 Å². The summed E-state index contributed by atoms with van der Waals surface area (Å²) in [5, 5.41) is 8.21. The van der Waals surface area contributed by atoms with Gasteiger partial charge in [0.2, 0.25) is 17.8 Å². The second-order valence-electron chi connectivity index (χ2n) is 9.44. The van der Waals surface area contributed by atoms with Gasteiger partial charge < -0.3 is 25.6 Å². The summed E-state index contributed by atoms with van der Waals surface area (Å²) < 4.78 is 46.7. The van der Waals surface area contributed by atoms with E-state index in [-0.39, 0.29) is 35.1 Å². The maximum atomic E-state index is 13.9. The van der Waals surface area contributed by atoms with Crippen molar-refractivity contribution in [1.29, 1.82) is 0 Å². The number of alkyl halides is 3. The van der Waals surface area contributed by atoms with Crippen LogP contribution in [0.25, 0.3) is 0 Å². The number of ether oxygens (including phenoxy) is 1. The van der Waals surface area contributed by atoms with Crippen LogP contribution in [0.1, 0.15) is 30.5 Å². The van der Waals surface area contributed by atoms with E-state index in [0.717, 1.165) is 5.56 Å². The zero-order valence-electron chi connectivity index (χ0n) is 23.0. The lowest BCUT2D eigenvalue weighted by atomic mass is 10.1. The molecule has 0 radical (unpaired) electrons. The second kappa shape index (κ2) is 12.3. The van der Waals surface area contributed by atoms with Gasteiger partial charge in [-0.05, 0) is 24.6 Å². The summed E-state index contributed by atoms with van der Waals surface area (Å²) in [5.41, 5.74) is 0.830. The number of hydrogen-bond acceptors (Lipinski definition) is 10. The first-order valence-electron chi connectivity index (χ1n) is 12.7. The van der Waals surface area contributed by atoms with Gasteiger partial charge in [0.05, 0.1) is 18.5 Å². The van der Waals surface area contributed by atoms with Crippen LogP contribution in [0.4, 0.5) is 42.1 Å². The Hall–Kier alpha value is -4.53. The highest BCUT2D eigenvalue weighted by Crippen LogP contribution is 2.37. The SMILES string of the molecule is COc1ncc(C)c(Nc2ncc(C(F)(F)F)c(Nc3ccc(CN4CCN(C(C)=O)CC4)cc3NC(C)=O)n2)n1. The largest absolute Gasteiger partial charge is 0.467 e. The van der Waals surface area contributed by atoms with Crippen molar-refractivity contribution in [2.75, 3.05) is 49.2 Å². The van der Waals surface area contributed by atoms with Crippen LogP contribution in [0, 0.1) is 6.92 Å². The van der Waals surface area contributed by atoms with Gasteiger partial charge in [-0.25, -0.2) is 9.97 Å². The van der Waals surface area contributed by atoms with Crippen molar-refractivity contribution in [2.45, 2.75) is 33.5 Å². The highest BCUT2D eigenvalue weighted by atomic mass is 19.4. The number of amides is 2. The summed E-state index contributed by atoms with van der Waals surface area (Å²) in [7, 11) is 1.39. The lowest BCUT2D eigenvalue weighted by Crippen LogP contribution is -2.47. The maximum Gasteiger partial charge on any atom is 0.421 e. The number of anilines is 5. The topological polar surface area (TPSA) is 138 Å². The number of methoxy groups -OCH3 is 1. The Balaban J connectivity index is 1.62. The number of nitrogens with one attached hydrogen (secondary N) is 3. The van der Waals surface area contributed by atoms with Gasteiger partial charge in [-0.3, -0.25) is 14.5 Å². The molecule has 4 rings (SSSR count). The molecule has 3 N–H and O–H groups in total. The predicted octanol–water partition coefficient (Wildman–Crippen LogP) is 3.71. The molecule has 15 heteroatoms. The molecule has 1 saturated heterocycles. The molecule has 0 aliphatic carbocycles. The number of benzene rings is 1. The molecule has 0 atom stereocenters. The lowest BCUT2D eigenvalue weighted by Gasteiger charge is -2.34. The molecule has 218 valence electrons. The molecule has 0 saturated carbocycles. The average Bonchev–Trinajstić information content (AvgIpc) is 2.91. The van der Waals surface area contributed by atoms with E-state index in [1.54, 1.807) is 30.0 Å². The number of carbonyl (C=O) groups excluding carboxylic acids is 2. The number of piperazine rings is 1. The van der Waals surface area contributed by atoms with Gasteiger partial charge in [-0.15, -0.1) is 0 Å². The zero-order valence-corrected chi connectivity index (χ0v) is 23.0. The first kappa shape index (κ1) is 29.5. The van der Waals surface area contributed by atoms with E-state index < -0.39 is 23.5 Å². The van der Waals surface area contributed by atoms with Crippen LogP contribution in [0.2, 0.25) is 0 Å². The van der Waals surface area contributed by atoms with Crippen LogP contribution < -0.4 is 20.7 Å². The molecule has 1 fully saturated rings. The predicted molar refractivity (Wildman–Crippen MR) is 145 cm³/mol. The maximum absolute atomic E-state index is 13.9. The molecular weight excluding hydrogens is 543 g/mol. The van der Waals surface area contributed by atoms with Crippen LogP contribution in [0.3, 0.4) is 0 Å². The summed E-state index contributed by atoms with van der Waals surface area (Å²) in [6, 6.07) is 5.10. The summed E-state index contributed by atoms with van der Waals surface area (Å²) in [6.07, 6.45) is -2.61. The van der Waals surface area contributed by atoms with Crippen molar-refractivity contribution in [3.63, 3.8) is 0 Å². The second-order valence-corrected chi connectivity index (χ2v) is 9.44. The Bertz CT molecular complexity index is 1430. The number of halogens is 3. The molecule has 12 nitrogen and oxygen atoms in total. The number of nitrogens with zero attached hydrogens (tertiary/aromatic N) is 6. The Kier molecular flexibility index (Phi) is 8.86. The molecule has 1 aromatic carbocycles. The van der Waals surface area contributed by atoms with Gasteiger partial charge >= 0.3 is 12.2 Å². The van der Waals surface area contributed by atoms with Crippen LogP contribution in [-0.2, 0) is 22.3 Å². The number of aromatic nitrogens is 4. The van der Waals surface area contributed by atoms with Crippen LogP contribution in [-0.4, -0.2) is 74.8 Å². The van der Waals surface area contributed by atoms with Crippen molar-refractivity contribution in [2.24, 2.45) is 0 Å². The third kappa shape index (κ3) is 7.57. The first-order chi connectivity index (χ1) is 19.4. The first-order valence-corrected chi connectivity index (χ1v) is 12.7. The zero-order chi connectivity index (χ0) is 29.7.